The number of amides is 1. The third-order valence-electron chi connectivity index (χ3n) is 4.25. The number of para-hydroxylation sites is 1. The maximum atomic E-state index is 12.7. The number of carbonyl (C=O) groups is 1. The van der Waals surface area contributed by atoms with Crippen LogP contribution in [0.5, 0.6) is 0 Å². The minimum absolute atomic E-state index is 0.242. The van der Waals surface area contributed by atoms with Crippen LogP contribution in [0.1, 0.15) is 15.2 Å². The second-order valence-corrected chi connectivity index (χ2v) is 8.07. The Morgan fingerprint density at radius 1 is 1.19 bits per heavy atom. The Labute approximate surface area is 168 Å². The van der Waals surface area contributed by atoms with E-state index in [9.17, 15) is 9.59 Å². The van der Waals surface area contributed by atoms with Gasteiger partial charge in [0.15, 0.2) is 3.95 Å². The fourth-order valence-electron chi connectivity index (χ4n) is 2.95. The van der Waals surface area contributed by atoms with Gasteiger partial charge in [0.1, 0.15) is 10.5 Å². The topological polar surface area (TPSA) is 66.4 Å². The number of thiazole rings is 1. The van der Waals surface area contributed by atoms with E-state index in [1.807, 2.05) is 36.4 Å². The van der Waals surface area contributed by atoms with Crippen LogP contribution in [-0.4, -0.2) is 21.8 Å². The molecule has 0 aliphatic rings. The monoisotopic (exact) mass is 415 g/mol. The molecule has 8 heteroatoms. The van der Waals surface area contributed by atoms with Crippen LogP contribution in [0.15, 0.2) is 53.3 Å². The molecule has 2 aromatic heterocycles. The van der Waals surface area contributed by atoms with E-state index < -0.39 is 0 Å². The summed E-state index contributed by atoms with van der Waals surface area (Å²) in [5.74, 6) is -0.256. The molecule has 2 heterocycles. The van der Waals surface area contributed by atoms with Crippen molar-refractivity contribution in [1.82, 2.24) is 14.7 Å². The van der Waals surface area contributed by atoms with Crippen molar-refractivity contribution < 1.29 is 4.79 Å². The van der Waals surface area contributed by atoms with Gasteiger partial charge in [-0.3, -0.25) is 14.0 Å². The average Bonchev–Trinajstić information content (AvgIpc) is 3.00. The van der Waals surface area contributed by atoms with Crippen molar-refractivity contribution in [3.8, 4) is 0 Å². The van der Waals surface area contributed by atoms with Crippen LogP contribution in [0.2, 0.25) is 5.02 Å². The van der Waals surface area contributed by atoms with Crippen LogP contribution in [0.3, 0.4) is 0 Å². The lowest BCUT2D eigenvalue weighted by atomic mass is 10.1. The summed E-state index contributed by atoms with van der Waals surface area (Å²) in [7, 11) is 0. The molecule has 0 radical (unpaired) electrons. The molecule has 0 aliphatic heterocycles. The molecule has 1 amide bonds. The molecule has 4 rings (SSSR count). The van der Waals surface area contributed by atoms with Gasteiger partial charge in [0.25, 0.3) is 11.5 Å². The van der Waals surface area contributed by atoms with Crippen LogP contribution in [0, 0.1) is 3.95 Å². The van der Waals surface area contributed by atoms with Crippen LogP contribution < -0.4 is 10.9 Å². The Hall–Kier alpha value is -2.48. The number of aromatic amines is 1. The fraction of sp³-hybridized carbons (Fsp3) is 0.105. The first kappa shape index (κ1) is 17.9. The Balaban J connectivity index is 1.63. The van der Waals surface area contributed by atoms with Crippen LogP contribution >= 0.6 is 35.2 Å². The Morgan fingerprint density at radius 2 is 1.93 bits per heavy atom. The molecule has 4 aromatic rings. The SMILES string of the molecule is O=C(NCCc1ccc(Cl)cc1)c1sc(=S)n2c1[nH]c(=O)c1ccccc12. The number of nitrogens with zero attached hydrogens (tertiary/aromatic N) is 1. The molecule has 0 bridgehead atoms. The predicted octanol–water partition coefficient (Wildman–Crippen LogP) is 4.20. The van der Waals surface area contributed by atoms with Gasteiger partial charge in [0.2, 0.25) is 0 Å². The highest BCUT2D eigenvalue weighted by Crippen LogP contribution is 2.22. The average molecular weight is 416 g/mol. The molecule has 2 aromatic carbocycles. The standard InChI is InChI=1S/C19H14ClN3O2S2/c20-12-7-5-11(6-8-12)9-10-21-18(25)15-16-22-17(24)13-3-1-2-4-14(13)23(16)19(26)27-15/h1-8H,9-10H2,(H,21,25)(H,22,24). The third kappa shape index (κ3) is 3.41. The summed E-state index contributed by atoms with van der Waals surface area (Å²) in [5.41, 5.74) is 1.96. The van der Waals surface area contributed by atoms with E-state index in [1.54, 1.807) is 16.5 Å². The number of rotatable bonds is 4. The first-order chi connectivity index (χ1) is 13.0. The van der Waals surface area contributed by atoms with Gasteiger partial charge in [0, 0.05) is 11.6 Å². The van der Waals surface area contributed by atoms with E-state index in [2.05, 4.69) is 10.3 Å². The fourth-order valence-corrected chi connectivity index (χ4v) is 4.37. The molecule has 2 N–H and O–H groups in total. The van der Waals surface area contributed by atoms with Crippen molar-refractivity contribution in [3.05, 3.63) is 78.3 Å². The lowest BCUT2D eigenvalue weighted by Crippen LogP contribution is -2.25. The minimum atomic E-state index is -0.256. The van der Waals surface area contributed by atoms with Crippen molar-refractivity contribution in [2.24, 2.45) is 0 Å². The number of aromatic nitrogens is 2. The number of halogens is 1. The van der Waals surface area contributed by atoms with Crippen molar-refractivity contribution in [1.29, 1.82) is 0 Å². The third-order valence-corrected chi connectivity index (χ3v) is 5.88. The van der Waals surface area contributed by atoms with E-state index in [-0.39, 0.29) is 11.5 Å². The summed E-state index contributed by atoms with van der Waals surface area (Å²) in [6.07, 6.45) is 0.680. The zero-order valence-electron chi connectivity index (χ0n) is 14.0. The zero-order valence-corrected chi connectivity index (χ0v) is 16.4. The second-order valence-electron chi connectivity index (χ2n) is 5.98. The lowest BCUT2D eigenvalue weighted by molar-refractivity contribution is 0.0959. The number of hydrogen-bond donors (Lipinski definition) is 2. The number of hydrogen-bond acceptors (Lipinski definition) is 4. The van der Waals surface area contributed by atoms with Crippen molar-refractivity contribution in [2.75, 3.05) is 6.54 Å². The molecule has 27 heavy (non-hydrogen) atoms. The van der Waals surface area contributed by atoms with E-state index in [0.29, 0.717) is 43.4 Å². The van der Waals surface area contributed by atoms with E-state index in [4.69, 9.17) is 23.8 Å². The van der Waals surface area contributed by atoms with Gasteiger partial charge in [-0.2, -0.15) is 0 Å². The van der Waals surface area contributed by atoms with Gasteiger partial charge in [-0.1, -0.05) is 47.2 Å². The molecule has 0 unspecified atom stereocenters. The van der Waals surface area contributed by atoms with Crippen LogP contribution in [-0.2, 0) is 6.42 Å². The van der Waals surface area contributed by atoms with E-state index in [0.717, 1.165) is 5.56 Å². The first-order valence-electron chi connectivity index (χ1n) is 8.24. The summed E-state index contributed by atoms with van der Waals surface area (Å²) >= 11 is 12.5. The van der Waals surface area contributed by atoms with Gasteiger partial charge in [-0.15, -0.1) is 0 Å². The lowest BCUT2D eigenvalue weighted by Gasteiger charge is -2.05. The highest BCUT2D eigenvalue weighted by atomic mass is 35.5. The number of benzene rings is 2. The van der Waals surface area contributed by atoms with Gasteiger partial charge in [-0.25, -0.2) is 0 Å². The molecule has 0 spiro atoms. The Kier molecular flexibility index (Phi) is 4.82. The second kappa shape index (κ2) is 7.26. The normalized spacial score (nSPS) is 11.1. The van der Waals surface area contributed by atoms with Crippen molar-refractivity contribution in [2.45, 2.75) is 6.42 Å². The number of carbonyl (C=O) groups excluding carboxylic acids is 1. The summed E-state index contributed by atoms with van der Waals surface area (Å²) in [4.78, 5) is 28.2. The smallest absolute Gasteiger partial charge is 0.265 e. The van der Waals surface area contributed by atoms with Gasteiger partial charge in [-0.05, 0) is 48.5 Å². The Bertz CT molecular complexity index is 1270. The van der Waals surface area contributed by atoms with Gasteiger partial charge in [0.05, 0.1) is 10.9 Å². The summed E-state index contributed by atoms with van der Waals surface area (Å²) in [6, 6.07) is 14.7. The summed E-state index contributed by atoms with van der Waals surface area (Å²) in [5, 5.41) is 4.11. The highest BCUT2D eigenvalue weighted by Gasteiger charge is 2.17. The molecule has 0 atom stereocenters. The predicted molar refractivity (Wildman–Crippen MR) is 112 cm³/mol. The zero-order chi connectivity index (χ0) is 19.0. The molecule has 0 fully saturated rings. The molecule has 0 saturated heterocycles. The van der Waals surface area contributed by atoms with E-state index >= 15 is 0 Å². The molecular formula is C19H14ClN3O2S2. The van der Waals surface area contributed by atoms with E-state index in [1.165, 1.54) is 11.3 Å². The quantitative estimate of drug-likeness (QED) is 0.491. The molecule has 0 aliphatic carbocycles. The van der Waals surface area contributed by atoms with Crippen molar-refractivity contribution in [3.63, 3.8) is 0 Å². The summed E-state index contributed by atoms with van der Waals surface area (Å²) < 4.78 is 2.26. The largest absolute Gasteiger partial charge is 0.351 e. The van der Waals surface area contributed by atoms with Crippen LogP contribution in [0.25, 0.3) is 16.6 Å². The van der Waals surface area contributed by atoms with Gasteiger partial charge >= 0.3 is 0 Å². The maximum Gasteiger partial charge on any atom is 0.265 e. The Morgan fingerprint density at radius 3 is 2.70 bits per heavy atom. The number of fused-ring (bicyclic) bond motifs is 3. The molecule has 136 valence electrons. The summed E-state index contributed by atoms with van der Waals surface area (Å²) in [6.45, 7) is 0.467. The van der Waals surface area contributed by atoms with Crippen LogP contribution in [0.4, 0.5) is 0 Å². The molecule has 0 saturated carbocycles. The minimum Gasteiger partial charge on any atom is -0.351 e. The first-order valence-corrected chi connectivity index (χ1v) is 9.84. The highest BCUT2D eigenvalue weighted by molar-refractivity contribution is 7.73. The molecule has 5 nitrogen and oxygen atoms in total. The van der Waals surface area contributed by atoms with Gasteiger partial charge < -0.3 is 10.3 Å². The van der Waals surface area contributed by atoms with Crippen molar-refractivity contribution >= 4 is 57.6 Å². The maximum absolute atomic E-state index is 12.7. The number of H-pyrrole nitrogens is 1. The number of nitrogens with one attached hydrogen (secondary N) is 2. The molecular weight excluding hydrogens is 402 g/mol.